The molecule has 5 heteroatoms. The van der Waals surface area contributed by atoms with Gasteiger partial charge in [0.25, 0.3) is 11.8 Å². The van der Waals surface area contributed by atoms with Gasteiger partial charge in [-0.1, -0.05) is 29.8 Å². The normalized spacial score (nSPS) is 17.0. The van der Waals surface area contributed by atoms with Crippen LogP contribution >= 0.6 is 0 Å². The van der Waals surface area contributed by atoms with Gasteiger partial charge in [0.2, 0.25) is 0 Å². The first-order chi connectivity index (χ1) is 15.0. The Morgan fingerprint density at radius 2 is 1.42 bits per heavy atom. The van der Waals surface area contributed by atoms with Gasteiger partial charge in [-0.2, -0.15) is 0 Å². The molecule has 1 fully saturated rings. The molecule has 2 aromatic carbocycles. The van der Waals surface area contributed by atoms with E-state index in [4.69, 9.17) is 0 Å². The largest absolute Gasteiger partial charge is 0.372 e. The van der Waals surface area contributed by atoms with Crippen LogP contribution in [0.2, 0.25) is 0 Å². The van der Waals surface area contributed by atoms with Crippen molar-refractivity contribution in [3.05, 3.63) is 65.4 Å². The number of aryl methyl sites for hydroxylation is 1. The highest BCUT2D eigenvalue weighted by Crippen LogP contribution is 2.36. The Hall–Kier alpha value is -3.08. The number of imide groups is 1. The van der Waals surface area contributed by atoms with Crippen molar-refractivity contribution < 1.29 is 9.59 Å². The molecule has 2 amide bonds. The fraction of sp³-hybridized carbons (Fsp3) is 0.385. The summed E-state index contributed by atoms with van der Waals surface area (Å²) in [7, 11) is 0. The van der Waals surface area contributed by atoms with Crippen LogP contribution in [0, 0.1) is 6.92 Å². The van der Waals surface area contributed by atoms with E-state index < -0.39 is 0 Å². The van der Waals surface area contributed by atoms with E-state index in [1.807, 2.05) is 55.5 Å². The number of hydrogen-bond acceptors (Lipinski definition) is 4. The minimum absolute atomic E-state index is 0.210. The number of hydrogen-bond donors (Lipinski definition) is 0. The van der Waals surface area contributed by atoms with Gasteiger partial charge in [0.05, 0.1) is 11.3 Å². The smallest absolute Gasteiger partial charge is 0.282 e. The molecular weight excluding hydrogens is 386 g/mol. The van der Waals surface area contributed by atoms with Gasteiger partial charge in [0.1, 0.15) is 5.70 Å². The zero-order valence-corrected chi connectivity index (χ0v) is 18.7. The van der Waals surface area contributed by atoms with Crippen LogP contribution in [0.4, 0.5) is 11.4 Å². The summed E-state index contributed by atoms with van der Waals surface area (Å²) in [6.45, 7) is 9.72. The monoisotopic (exact) mass is 417 g/mol. The van der Waals surface area contributed by atoms with Gasteiger partial charge in [0.15, 0.2) is 0 Å². The van der Waals surface area contributed by atoms with Crippen LogP contribution in [-0.2, 0) is 9.59 Å². The average molecular weight is 418 g/mol. The van der Waals surface area contributed by atoms with Gasteiger partial charge >= 0.3 is 0 Å². The third-order valence-electron chi connectivity index (χ3n) is 6.31. The van der Waals surface area contributed by atoms with E-state index in [1.165, 1.54) is 11.3 Å². The Morgan fingerprint density at radius 3 is 2.00 bits per heavy atom. The molecule has 2 aromatic rings. The lowest BCUT2D eigenvalue weighted by Gasteiger charge is -2.29. The molecule has 0 saturated carbocycles. The zero-order chi connectivity index (χ0) is 22.0. The number of amides is 2. The number of carbonyl (C=O) groups excluding carboxylic acids is 2. The van der Waals surface area contributed by atoms with Gasteiger partial charge < -0.3 is 9.80 Å². The second kappa shape index (κ2) is 8.96. The minimum Gasteiger partial charge on any atom is -0.372 e. The van der Waals surface area contributed by atoms with Crippen LogP contribution in [0.15, 0.2) is 54.2 Å². The van der Waals surface area contributed by atoms with Crippen molar-refractivity contribution >= 4 is 28.8 Å². The molecule has 0 unspecified atom stereocenters. The predicted molar refractivity (Wildman–Crippen MR) is 126 cm³/mol. The lowest BCUT2D eigenvalue weighted by molar-refractivity contribution is -0.120. The highest BCUT2D eigenvalue weighted by molar-refractivity contribution is 6.45. The van der Waals surface area contributed by atoms with E-state index in [-0.39, 0.29) is 11.8 Å². The van der Waals surface area contributed by atoms with E-state index in [1.54, 1.807) is 0 Å². The lowest BCUT2D eigenvalue weighted by Crippen LogP contribution is -2.37. The first-order valence-corrected chi connectivity index (χ1v) is 11.3. The van der Waals surface area contributed by atoms with Crippen LogP contribution in [-0.4, -0.2) is 42.9 Å². The van der Waals surface area contributed by atoms with Crippen molar-refractivity contribution in [2.45, 2.75) is 40.0 Å². The molecule has 2 aliphatic heterocycles. The fourth-order valence-corrected chi connectivity index (χ4v) is 4.55. The lowest BCUT2D eigenvalue weighted by atomic mass is 10.0. The van der Waals surface area contributed by atoms with Gasteiger partial charge in [-0.15, -0.1) is 0 Å². The van der Waals surface area contributed by atoms with Gasteiger partial charge in [-0.3, -0.25) is 9.59 Å². The summed E-state index contributed by atoms with van der Waals surface area (Å²) in [6.07, 6.45) is 3.26. The average Bonchev–Trinajstić information content (AvgIpc) is 3.06. The van der Waals surface area contributed by atoms with Crippen molar-refractivity contribution in [2.24, 2.45) is 0 Å². The summed E-state index contributed by atoms with van der Waals surface area (Å²) in [5, 5.41) is 0. The first kappa shape index (κ1) is 21.2. The number of carbonyl (C=O) groups is 2. The maximum atomic E-state index is 13.6. The molecule has 0 spiro atoms. The van der Waals surface area contributed by atoms with Crippen molar-refractivity contribution in [3.8, 4) is 0 Å². The molecule has 0 aliphatic carbocycles. The van der Waals surface area contributed by atoms with Crippen LogP contribution in [0.1, 0.15) is 44.2 Å². The highest BCUT2D eigenvalue weighted by Gasteiger charge is 2.42. The van der Waals surface area contributed by atoms with Gasteiger partial charge in [0, 0.05) is 31.9 Å². The summed E-state index contributed by atoms with van der Waals surface area (Å²) in [5.74, 6) is -0.442. The third-order valence-corrected chi connectivity index (χ3v) is 6.31. The molecule has 1 saturated heterocycles. The second-order valence-corrected chi connectivity index (χ2v) is 8.27. The molecule has 162 valence electrons. The number of anilines is 2. The van der Waals surface area contributed by atoms with Crippen molar-refractivity contribution in [3.63, 3.8) is 0 Å². The highest BCUT2D eigenvalue weighted by atomic mass is 16.2. The van der Waals surface area contributed by atoms with Crippen LogP contribution in [0.3, 0.4) is 0 Å². The topological polar surface area (TPSA) is 43.9 Å². The molecule has 0 atom stereocenters. The minimum atomic E-state index is -0.231. The number of likely N-dealkylation sites (tertiary alicyclic amines) is 1. The molecule has 2 aliphatic rings. The zero-order valence-electron chi connectivity index (χ0n) is 18.7. The van der Waals surface area contributed by atoms with E-state index in [2.05, 4.69) is 23.6 Å². The number of rotatable bonds is 6. The Kier molecular flexibility index (Phi) is 6.12. The summed E-state index contributed by atoms with van der Waals surface area (Å²) in [4.78, 5) is 32.9. The first-order valence-electron chi connectivity index (χ1n) is 11.3. The molecule has 5 nitrogen and oxygen atoms in total. The molecule has 31 heavy (non-hydrogen) atoms. The number of benzene rings is 2. The molecule has 0 aromatic heterocycles. The molecular formula is C26H31N3O2. The van der Waals surface area contributed by atoms with E-state index >= 15 is 0 Å². The van der Waals surface area contributed by atoms with Crippen LogP contribution in [0.5, 0.6) is 0 Å². The van der Waals surface area contributed by atoms with Crippen molar-refractivity contribution in [1.82, 2.24) is 4.90 Å². The Balaban J connectivity index is 1.73. The number of piperidine rings is 1. The standard InChI is InChI=1S/C26H31N3O2/c1-4-27(5-2)21-13-15-22(16-14-21)29-25(30)23(20-11-9-19(3)10-12-20)24(26(29)31)28-17-7-6-8-18-28/h9-16H,4-8,17-18H2,1-3H3. The quantitative estimate of drug-likeness (QED) is 0.644. The third kappa shape index (κ3) is 3.97. The van der Waals surface area contributed by atoms with Gasteiger partial charge in [-0.25, -0.2) is 4.90 Å². The molecule has 0 radical (unpaired) electrons. The van der Waals surface area contributed by atoms with Gasteiger partial charge in [-0.05, 0) is 69.9 Å². The maximum Gasteiger partial charge on any atom is 0.282 e. The molecule has 0 bridgehead atoms. The van der Waals surface area contributed by atoms with E-state index in [0.29, 0.717) is 17.0 Å². The Labute approximate surface area is 184 Å². The molecule has 2 heterocycles. The summed E-state index contributed by atoms with van der Waals surface area (Å²) < 4.78 is 0. The maximum absolute atomic E-state index is 13.6. The van der Waals surface area contributed by atoms with Crippen molar-refractivity contribution in [1.29, 1.82) is 0 Å². The van der Waals surface area contributed by atoms with E-state index in [0.717, 1.165) is 55.8 Å². The Bertz CT molecular complexity index is 982. The second-order valence-electron chi connectivity index (χ2n) is 8.27. The molecule has 0 N–H and O–H groups in total. The van der Waals surface area contributed by atoms with Crippen LogP contribution < -0.4 is 9.80 Å². The summed E-state index contributed by atoms with van der Waals surface area (Å²) >= 11 is 0. The van der Waals surface area contributed by atoms with Crippen LogP contribution in [0.25, 0.3) is 5.57 Å². The summed E-state index contributed by atoms with van der Waals surface area (Å²) in [6, 6.07) is 15.6. The van der Waals surface area contributed by atoms with E-state index in [9.17, 15) is 9.59 Å². The predicted octanol–water partition coefficient (Wildman–Crippen LogP) is 4.61. The summed E-state index contributed by atoms with van der Waals surface area (Å²) in [5.41, 5.74) is 4.75. The Morgan fingerprint density at radius 1 is 0.806 bits per heavy atom. The van der Waals surface area contributed by atoms with Crippen molar-refractivity contribution in [2.75, 3.05) is 36.0 Å². The fourth-order valence-electron chi connectivity index (χ4n) is 4.55. The molecule has 4 rings (SSSR count). The number of nitrogens with zero attached hydrogens (tertiary/aromatic N) is 3. The SMILES string of the molecule is CCN(CC)c1ccc(N2C(=O)C(c3ccc(C)cc3)=C(N3CCCCC3)C2=O)cc1.